The van der Waals surface area contributed by atoms with Gasteiger partial charge in [-0.25, -0.2) is 9.67 Å². The highest BCUT2D eigenvalue weighted by Gasteiger charge is 2.16. The molecule has 4 aromatic heterocycles. The van der Waals surface area contributed by atoms with E-state index in [2.05, 4.69) is 25.3 Å². The predicted octanol–water partition coefficient (Wildman–Crippen LogP) is 1.89. The number of hydrogen-bond donors (Lipinski definition) is 2. The minimum Gasteiger partial charge on any atom is -0.382 e. The van der Waals surface area contributed by atoms with E-state index in [0.717, 1.165) is 32.9 Å². The van der Waals surface area contributed by atoms with Crippen molar-refractivity contribution in [1.82, 2.24) is 29.9 Å². The number of nitrogens with one attached hydrogen (secondary N) is 1. The first-order valence-electron chi connectivity index (χ1n) is 6.54. The van der Waals surface area contributed by atoms with Gasteiger partial charge in [0.25, 0.3) is 0 Å². The molecule has 0 radical (unpaired) electrons. The van der Waals surface area contributed by atoms with E-state index in [0.29, 0.717) is 11.6 Å². The molecular weight excluding hydrogens is 266 g/mol. The van der Waals surface area contributed by atoms with Crippen molar-refractivity contribution in [2.24, 2.45) is 0 Å². The fraction of sp³-hybridized carbons (Fsp3) is 0.143. The quantitative estimate of drug-likeness (QED) is 0.554. The van der Waals surface area contributed by atoms with Crippen LogP contribution in [-0.4, -0.2) is 29.9 Å². The highest BCUT2D eigenvalue weighted by Crippen LogP contribution is 2.28. The average molecular weight is 279 g/mol. The summed E-state index contributed by atoms with van der Waals surface area (Å²) in [4.78, 5) is 8.69. The lowest BCUT2D eigenvalue weighted by Gasteiger charge is -2.06. The summed E-state index contributed by atoms with van der Waals surface area (Å²) in [6.07, 6.45) is 7.07. The van der Waals surface area contributed by atoms with Gasteiger partial charge in [0.05, 0.1) is 28.0 Å². The van der Waals surface area contributed by atoms with E-state index in [1.54, 1.807) is 29.5 Å². The van der Waals surface area contributed by atoms with Crippen molar-refractivity contribution in [3.63, 3.8) is 0 Å². The van der Waals surface area contributed by atoms with Gasteiger partial charge in [-0.05, 0) is 25.0 Å². The van der Waals surface area contributed by atoms with Crippen LogP contribution in [-0.2, 0) is 0 Å². The number of nitrogen functional groups attached to an aromatic ring is 1. The Balaban J connectivity index is 2.15. The zero-order chi connectivity index (χ0) is 14.6. The zero-order valence-corrected chi connectivity index (χ0v) is 11.6. The smallest absolute Gasteiger partial charge is 0.165 e. The molecule has 0 saturated carbocycles. The first-order chi connectivity index (χ1) is 10.2. The molecule has 0 bridgehead atoms. The number of aromatic amines is 1. The molecule has 0 fully saturated rings. The van der Waals surface area contributed by atoms with E-state index in [1.165, 1.54) is 0 Å². The van der Waals surface area contributed by atoms with Gasteiger partial charge in [0.1, 0.15) is 0 Å². The van der Waals surface area contributed by atoms with Crippen molar-refractivity contribution in [3.05, 3.63) is 35.9 Å². The van der Waals surface area contributed by atoms with Crippen LogP contribution < -0.4 is 5.73 Å². The molecule has 7 nitrogen and oxygen atoms in total. The number of nitrogens with two attached hydrogens (primary N) is 1. The van der Waals surface area contributed by atoms with Crippen molar-refractivity contribution in [2.75, 3.05) is 5.73 Å². The Morgan fingerprint density at radius 2 is 1.90 bits per heavy atom. The Bertz CT molecular complexity index is 980. The van der Waals surface area contributed by atoms with Crippen LogP contribution in [0, 0.1) is 13.8 Å². The molecule has 3 N–H and O–H groups in total. The number of H-pyrrole nitrogens is 1. The molecule has 0 aromatic carbocycles. The number of hydrogen-bond acceptors (Lipinski definition) is 5. The van der Waals surface area contributed by atoms with E-state index in [-0.39, 0.29) is 0 Å². The molecule has 0 saturated heterocycles. The van der Waals surface area contributed by atoms with Gasteiger partial charge in [-0.3, -0.25) is 10.1 Å². The average Bonchev–Trinajstić information content (AvgIpc) is 3.07. The Hall–Kier alpha value is -2.96. The van der Waals surface area contributed by atoms with E-state index in [1.807, 2.05) is 13.8 Å². The molecule has 21 heavy (non-hydrogen) atoms. The van der Waals surface area contributed by atoms with Gasteiger partial charge in [0.15, 0.2) is 11.6 Å². The standard InChI is InChI=1S/C14H13N7/c1-7-4-17-14(9-6-18-19-11(7)9)21-12-8(2)3-16-5-10(12)13(15)20-21/h3-6H,1-2H3,(H2,15,20)(H,18,19). The maximum absolute atomic E-state index is 6.01. The van der Waals surface area contributed by atoms with Gasteiger partial charge in [0.2, 0.25) is 0 Å². The third-order valence-corrected chi connectivity index (χ3v) is 3.65. The van der Waals surface area contributed by atoms with Crippen LogP contribution >= 0.6 is 0 Å². The summed E-state index contributed by atoms with van der Waals surface area (Å²) in [6.45, 7) is 3.97. The number of anilines is 1. The summed E-state index contributed by atoms with van der Waals surface area (Å²) in [6, 6.07) is 0. The summed E-state index contributed by atoms with van der Waals surface area (Å²) in [7, 11) is 0. The lowest BCUT2D eigenvalue weighted by Crippen LogP contribution is -2.02. The van der Waals surface area contributed by atoms with Gasteiger partial charge in [-0.1, -0.05) is 0 Å². The normalized spacial score (nSPS) is 11.5. The van der Waals surface area contributed by atoms with Crippen molar-refractivity contribution in [3.8, 4) is 5.82 Å². The summed E-state index contributed by atoms with van der Waals surface area (Å²) in [5.74, 6) is 1.15. The molecule has 0 aliphatic rings. The first-order valence-corrected chi connectivity index (χ1v) is 6.54. The molecule has 0 spiro atoms. The minimum absolute atomic E-state index is 0.445. The molecule has 0 aliphatic heterocycles. The molecule has 4 aromatic rings. The van der Waals surface area contributed by atoms with Crippen molar-refractivity contribution in [1.29, 1.82) is 0 Å². The Morgan fingerprint density at radius 1 is 1.05 bits per heavy atom. The number of aryl methyl sites for hydroxylation is 2. The van der Waals surface area contributed by atoms with Crippen molar-refractivity contribution >= 4 is 27.6 Å². The zero-order valence-electron chi connectivity index (χ0n) is 11.6. The maximum Gasteiger partial charge on any atom is 0.165 e. The van der Waals surface area contributed by atoms with Crippen LogP contribution in [0.4, 0.5) is 5.82 Å². The van der Waals surface area contributed by atoms with E-state index >= 15 is 0 Å². The molecule has 0 aliphatic carbocycles. The maximum atomic E-state index is 6.01. The Morgan fingerprint density at radius 3 is 2.76 bits per heavy atom. The molecule has 0 unspecified atom stereocenters. The summed E-state index contributed by atoms with van der Waals surface area (Å²) in [5.41, 5.74) is 9.91. The van der Waals surface area contributed by atoms with Crippen LogP contribution in [0.2, 0.25) is 0 Å². The summed E-state index contributed by atoms with van der Waals surface area (Å²) in [5, 5.41) is 13.3. The van der Waals surface area contributed by atoms with Gasteiger partial charge in [0, 0.05) is 18.6 Å². The number of aromatic nitrogens is 6. The summed E-state index contributed by atoms with van der Waals surface area (Å²) >= 11 is 0. The fourth-order valence-electron chi connectivity index (χ4n) is 2.61. The largest absolute Gasteiger partial charge is 0.382 e. The second-order valence-corrected chi connectivity index (χ2v) is 5.07. The van der Waals surface area contributed by atoms with Gasteiger partial charge >= 0.3 is 0 Å². The van der Waals surface area contributed by atoms with Gasteiger partial charge in [-0.15, -0.1) is 5.10 Å². The first kappa shape index (κ1) is 11.8. The molecule has 4 rings (SSSR count). The lowest BCUT2D eigenvalue weighted by molar-refractivity contribution is 0.885. The molecule has 0 amide bonds. The van der Waals surface area contributed by atoms with Gasteiger partial charge < -0.3 is 5.73 Å². The number of fused-ring (bicyclic) bond motifs is 2. The monoisotopic (exact) mass is 279 g/mol. The fourth-order valence-corrected chi connectivity index (χ4v) is 2.61. The number of nitrogens with zero attached hydrogens (tertiary/aromatic N) is 5. The third kappa shape index (κ3) is 1.54. The van der Waals surface area contributed by atoms with Crippen molar-refractivity contribution < 1.29 is 0 Å². The SMILES string of the molecule is Cc1cnc(-n2nc(N)c3cncc(C)c32)c2cn[nH]c12. The second-order valence-electron chi connectivity index (χ2n) is 5.07. The molecule has 0 atom stereocenters. The highest BCUT2D eigenvalue weighted by atomic mass is 15.3. The van der Waals surface area contributed by atoms with Crippen LogP contribution in [0.5, 0.6) is 0 Å². The van der Waals surface area contributed by atoms with E-state index in [9.17, 15) is 0 Å². The third-order valence-electron chi connectivity index (χ3n) is 3.65. The predicted molar refractivity (Wildman–Crippen MR) is 80.2 cm³/mol. The summed E-state index contributed by atoms with van der Waals surface area (Å²) < 4.78 is 1.76. The van der Waals surface area contributed by atoms with Crippen LogP contribution in [0.25, 0.3) is 27.6 Å². The van der Waals surface area contributed by atoms with Crippen molar-refractivity contribution in [2.45, 2.75) is 13.8 Å². The molecule has 104 valence electrons. The Labute approximate surface area is 119 Å². The lowest BCUT2D eigenvalue weighted by atomic mass is 10.2. The molecule has 4 heterocycles. The second kappa shape index (κ2) is 4.02. The Kier molecular flexibility index (Phi) is 2.26. The molecular formula is C14H13N7. The van der Waals surface area contributed by atoms with E-state index < -0.39 is 0 Å². The number of rotatable bonds is 1. The number of pyridine rings is 2. The van der Waals surface area contributed by atoms with Crippen LogP contribution in [0.3, 0.4) is 0 Å². The van der Waals surface area contributed by atoms with Crippen LogP contribution in [0.15, 0.2) is 24.8 Å². The van der Waals surface area contributed by atoms with Gasteiger partial charge in [-0.2, -0.15) is 5.10 Å². The highest BCUT2D eigenvalue weighted by molar-refractivity contribution is 5.94. The van der Waals surface area contributed by atoms with E-state index in [4.69, 9.17) is 5.73 Å². The topological polar surface area (TPSA) is 98.3 Å². The van der Waals surface area contributed by atoms with Crippen LogP contribution in [0.1, 0.15) is 11.1 Å². The molecule has 7 heteroatoms. The minimum atomic E-state index is 0.445.